The van der Waals surface area contributed by atoms with Gasteiger partial charge in [-0.25, -0.2) is 4.79 Å². The monoisotopic (exact) mass is 343 g/mol. The van der Waals surface area contributed by atoms with E-state index in [-0.39, 0.29) is 18.4 Å². The Kier molecular flexibility index (Phi) is 7.47. The molecule has 0 bridgehead atoms. The van der Waals surface area contributed by atoms with Crippen LogP contribution < -0.4 is 11.1 Å². The highest BCUT2D eigenvalue weighted by molar-refractivity contribution is 5.87. The van der Waals surface area contributed by atoms with E-state index in [4.69, 9.17) is 15.2 Å². The molecule has 3 N–H and O–H groups in total. The topological polar surface area (TPSA) is 111 Å². The summed E-state index contributed by atoms with van der Waals surface area (Å²) in [6.45, 7) is 6.55. The lowest BCUT2D eigenvalue weighted by Crippen LogP contribution is -2.51. The third-order valence-electron chi connectivity index (χ3n) is 3.71. The molecule has 0 saturated carbocycles. The maximum atomic E-state index is 12.4. The Bertz CT molecular complexity index is 461. The fraction of sp³-hybridized carbons (Fsp3) is 0.812. The van der Waals surface area contributed by atoms with Crippen LogP contribution in [0.3, 0.4) is 0 Å². The van der Waals surface area contributed by atoms with Gasteiger partial charge in [-0.15, -0.1) is 0 Å². The third-order valence-corrected chi connectivity index (χ3v) is 3.71. The van der Waals surface area contributed by atoms with Gasteiger partial charge in [0.1, 0.15) is 11.6 Å². The first-order valence-corrected chi connectivity index (χ1v) is 8.20. The van der Waals surface area contributed by atoms with E-state index in [9.17, 15) is 14.4 Å². The molecule has 1 fully saturated rings. The number of amides is 3. The summed E-state index contributed by atoms with van der Waals surface area (Å²) < 4.78 is 10.3. The number of ether oxygens (including phenoxy) is 2. The Morgan fingerprint density at radius 2 is 2.00 bits per heavy atom. The van der Waals surface area contributed by atoms with Crippen molar-refractivity contribution in [2.45, 2.75) is 51.7 Å². The maximum absolute atomic E-state index is 12.4. The molecule has 0 spiro atoms. The van der Waals surface area contributed by atoms with Gasteiger partial charge in [-0.05, 0) is 40.0 Å². The van der Waals surface area contributed by atoms with Crippen molar-refractivity contribution in [3.05, 3.63) is 0 Å². The molecule has 0 radical (unpaired) electrons. The molecule has 138 valence electrons. The summed E-state index contributed by atoms with van der Waals surface area (Å²) in [4.78, 5) is 37.5. The van der Waals surface area contributed by atoms with Crippen LogP contribution in [-0.4, -0.2) is 61.3 Å². The van der Waals surface area contributed by atoms with Gasteiger partial charge in [-0.3, -0.25) is 9.59 Å². The minimum absolute atomic E-state index is 0.274. The number of methoxy groups -OCH3 is 1. The number of nitrogens with one attached hydrogen (secondary N) is 1. The largest absolute Gasteiger partial charge is 0.444 e. The normalized spacial score (nSPS) is 19.5. The number of primary amides is 1. The molecular formula is C16H29N3O5. The highest BCUT2D eigenvalue weighted by atomic mass is 16.6. The number of piperidine rings is 1. The minimum Gasteiger partial charge on any atom is -0.444 e. The average molecular weight is 343 g/mol. The van der Waals surface area contributed by atoms with E-state index < -0.39 is 23.6 Å². The molecule has 3 amide bonds. The van der Waals surface area contributed by atoms with Crippen LogP contribution in [0.15, 0.2) is 0 Å². The van der Waals surface area contributed by atoms with Crippen LogP contribution in [0.4, 0.5) is 4.79 Å². The SMILES string of the molecule is COCC[C@@H](NC(=O)[C@@H]1CCCN(C(=O)OC(C)(C)C)C1)C(N)=O. The molecule has 2 atom stereocenters. The summed E-state index contributed by atoms with van der Waals surface area (Å²) >= 11 is 0. The third kappa shape index (κ3) is 6.74. The predicted octanol–water partition coefficient (Wildman–Crippen LogP) is 0.640. The van der Waals surface area contributed by atoms with Crippen molar-refractivity contribution < 1.29 is 23.9 Å². The highest BCUT2D eigenvalue weighted by Gasteiger charge is 2.32. The molecule has 24 heavy (non-hydrogen) atoms. The van der Waals surface area contributed by atoms with Crippen molar-refractivity contribution in [1.29, 1.82) is 0 Å². The molecule has 8 heteroatoms. The smallest absolute Gasteiger partial charge is 0.410 e. The van der Waals surface area contributed by atoms with E-state index >= 15 is 0 Å². The predicted molar refractivity (Wildman–Crippen MR) is 88.1 cm³/mol. The zero-order valence-corrected chi connectivity index (χ0v) is 15.0. The summed E-state index contributed by atoms with van der Waals surface area (Å²) in [6, 6.07) is -0.769. The molecular weight excluding hydrogens is 314 g/mol. The van der Waals surface area contributed by atoms with Crippen LogP contribution in [0.2, 0.25) is 0 Å². The number of hydrogen-bond donors (Lipinski definition) is 2. The first-order valence-electron chi connectivity index (χ1n) is 8.20. The molecule has 0 aliphatic carbocycles. The van der Waals surface area contributed by atoms with Gasteiger partial charge >= 0.3 is 6.09 Å². The van der Waals surface area contributed by atoms with Gasteiger partial charge in [0.05, 0.1) is 5.92 Å². The Hall–Kier alpha value is -1.83. The molecule has 1 rings (SSSR count). The number of likely N-dealkylation sites (tertiary alicyclic amines) is 1. The molecule has 0 aromatic rings. The van der Waals surface area contributed by atoms with E-state index in [2.05, 4.69) is 5.32 Å². The molecule has 1 aliphatic heterocycles. The number of nitrogens with zero attached hydrogens (tertiary/aromatic N) is 1. The van der Waals surface area contributed by atoms with Crippen LogP contribution in [0.1, 0.15) is 40.0 Å². The summed E-state index contributed by atoms with van der Waals surface area (Å²) in [6.07, 6.45) is 1.25. The standard InChI is InChI=1S/C16H29N3O5/c1-16(2,3)24-15(22)19-8-5-6-11(10-19)14(21)18-12(13(17)20)7-9-23-4/h11-12H,5-10H2,1-4H3,(H2,17,20)(H,18,21)/t11-,12-/m1/s1. The van der Waals surface area contributed by atoms with Gasteiger partial charge in [0, 0.05) is 26.8 Å². The van der Waals surface area contributed by atoms with Crippen LogP contribution in [0, 0.1) is 5.92 Å². The zero-order chi connectivity index (χ0) is 18.3. The van der Waals surface area contributed by atoms with Crippen molar-refractivity contribution in [3.8, 4) is 0 Å². The fourth-order valence-electron chi connectivity index (χ4n) is 2.49. The molecule has 1 aliphatic rings. The van der Waals surface area contributed by atoms with E-state index in [1.807, 2.05) is 0 Å². The van der Waals surface area contributed by atoms with Crippen molar-refractivity contribution in [2.75, 3.05) is 26.8 Å². The second kappa shape index (κ2) is 8.86. The first-order chi connectivity index (χ1) is 11.1. The number of rotatable bonds is 6. The Balaban J connectivity index is 2.60. The van der Waals surface area contributed by atoms with Gasteiger partial charge in [0.2, 0.25) is 11.8 Å². The first kappa shape index (κ1) is 20.2. The molecule has 0 aromatic heterocycles. The number of nitrogens with two attached hydrogens (primary N) is 1. The summed E-state index contributed by atoms with van der Waals surface area (Å²) in [5.74, 6) is -1.25. The van der Waals surface area contributed by atoms with Gasteiger partial charge < -0.3 is 25.4 Å². The molecule has 8 nitrogen and oxygen atoms in total. The quantitative estimate of drug-likeness (QED) is 0.735. The molecule has 0 unspecified atom stereocenters. The summed E-state index contributed by atoms with van der Waals surface area (Å²) in [5, 5.41) is 2.66. The lowest BCUT2D eigenvalue weighted by molar-refractivity contribution is -0.131. The number of carbonyl (C=O) groups excluding carboxylic acids is 3. The molecule has 0 aromatic carbocycles. The van der Waals surface area contributed by atoms with Crippen molar-refractivity contribution in [3.63, 3.8) is 0 Å². The minimum atomic E-state index is -0.769. The lowest BCUT2D eigenvalue weighted by Gasteiger charge is -2.34. The molecule has 1 saturated heterocycles. The number of hydrogen-bond acceptors (Lipinski definition) is 5. The van der Waals surface area contributed by atoms with E-state index in [0.717, 1.165) is 0 Å². The fourth-order valence-corrected chi connectivity index (χ4v) is 2.49. The van der Waals surface area contributed by atoms with E-state index in [0.29, 0.717) is 32.4 Å². The average Bonchev–Trinajstić information content (AvgIpc) is 2.49. The second-order valence-corrected chi connectivity index (χ2v) is 7.01. The van der Waals surface area contributed by atoms with Crippen molar-refractivity contribution in [1.82, 2.24) is 10.2 Å². The second-order valence-electron chi connectivity index (χ2n) is 7.01. The van der Waals surface area contributed by atoms with Gasteiger partial charge in [-0.1, -0.05) is 0 Å². The summed E-state index contributed by atoms with van der Waals surface area (Å²) in [5.41, 5.74) is 4.73. The Morgan fingerprint density at radius 3 is 2.54 bits per heavy atom. The number of carbonyl (C=O) groups is 3. The highest BCUT2D eigenvalue weighted by Crippen LogP contribution is 2.19. The van der Waals surface area contributed by atoms with Gasteiger partial charge in [0.25, 0.3) is 0 Å². The van der Waals surface area contributed by atoms with Crippen LogP contribution in [0.25, 0.3) is 0 Å². The van der Waals surface area contributed by atoms with Crippen LogP contribution >= 0.6 is 0 Å². The lowest BCUT2D eigenvalue weighted by atomic mass is 9.97. The van der Waals surface area contributed by atoms with Crippen molar-refractivity contribution in [2.24, 2.45) is 11.7 Å². The summed E-state index contributed by atoms with van der Waals surface area (Å²) in [7, 11) is 1.51. The van der Waals surface area contributed by atoms with E-state index in [1.165, 1.54) is 12.0 Å². The Morgan fingerprint density at radius 1 is 1.33 bits per heavy atom. The van der Waals surface area contributed by atoms with Crippen LogP contribution in [0.5, 0.6) is 0 Å². The maximum Gasteiger partial charge on any atom is 0.410 e. The van der Waals surface area contributed by atoms with Gasteiger partial charge in [-0.2, -0.15) is 0 Å². The van der Waals surface area contributed by atoms with Gasteiger partial charge in [0.15, 0.2) is 0 Å². The molecule has 1 heterocycles. The van der Waals surface area contributed by atoms with Crippen LogP contribution in [-0.2, 0) is 19.1 Å². The van der Waals surface area contributed by atoms with Crippen molar-refractivity contribution >= 4 is 17.9 Å². The zero-order valence-electron chi connectivity index (χ0n) is 15.0. The van der Waals surface area contributed by atoms with E-state index in [1.54, 1.807) is 20.8 Å². The Labute approximate surface area is 143 Å².